The molecule has 3 heteroatoms. The molecule has 1 aliphatic heterocycles. The highest BCUT2D eigenvalue weighted by Gasteiger charge is 2.54. The van der Waals surface area contributed by atoms with Crippen molar-refractivity contribution >= 4 is 5.91 Å². The van der Waals surface area contributed by atoms with E-state index in [0.717, 1.165) is 51.4 Å². The van der Waals surface area contributed by atoms with Gasteiger partial charge in [-0.25, -0.2) is 0 Å². The molecular formula is C16H28N2O. The highest BCUT2D eigenvalue weighted by atomic mass is 16.2. The molecule has 19 heavy (non-hydrogen) atoms. The van der Waals surface area contributed by atoms with Crippen LogP contribution in [0.1, 0.15) is 52.4 Å². The van der Waals surface area contributed by atoms with Crippen LogP contribution in [0.25, 0.3) is 0 Å². The molecule has 3 aliphatic carbocycles. The van der Waals surface area contributed by atoms with Gasteiger partial charge in [-0.3, -0.25) is 4.79 Å². The average molecular weight is 264 g/mol. The zero-order valence-electron chi connectivity index (χ0n) is 12.5. The molecule has 4 aliphatic rings. The van der Waals surface area contributed by atoms with E-state index >= 15 is 0 Å². The van der Waals surface area contributed by atoms with E-state index in [1.54, 1.807) is 0 Å². The van der Waals surface area contributed by atoms with Gasteiger partial charge in [0.15, 0.2) is 0 Å². The minimum atomic E-state index is 0.0218. The lowest BCUT2D eigenvalue weighted by Crippen LogP contribution is -2.56. The highest BCUT2D eigenvalue weighted by molar-refractivity contribution is 5.83. The van der Waals surface area contributed by atoms with Crippen LogP contribution in [0.2, 0.25) is 0 Å². The van der Waals surface area contributed by atoms with Gasteiger partial charge < -0.3 is 10.2 Å². The Balaban J connectivity index is 1.71. The van der Waals surface area contributed by atoms with E-state index in [0.29, 0.717) is 11.3 Å². The SMILES string of the molecule is CC(C)C12CCC(C(=O)N3CCNCC3)(CC1)CC2. The maximum absolute atomic E-state index is 12.9. The molecule has 0 aromatic rings. The molecule has 0 unspecified atom stereocenters. The molecule has 2 bridgehead atoms. The lowest BCUT2D eigenvalue weighted by atomic mass is 9.50. The quantitative estimate of drug-likeness (QED) is 0.830. The third-order valence-corrected chi connectivity index (χ3v) is 6.39. The number of fused-ring (bicyclic) bond motifs is 3. The van der Waals surface area contributed by atoms with Crippen molar-refractivity contribution in [2.45, 2.75) is 52.4 Å². The lowest BCUT2D eigenvalue weighted by Gasteiger charge is -2.55. The fourth-order valence-corrected chi connectivity index (χ4v) is 4.60. The Bertz CT molecular complexity index is 333. The molecule has 1 amide bonds. The van der Waals surface area contributed by atoms with Crippen molar-refractivity contribution in [2.24, 2.45) is 16.7 Å². The Labute approximate surface area is 117 Å². The van der Waals surface area contributed by atoms with E-state index in [1.807, 2.05) is 0 Å². The van der Waals surface area contributed by atoms with Crippen molar-refractivity contribution in [3.63, 3.8) is 0 Å². The number of carbonyl (C=O) groups excluding carboxylic acids is 1. The normalized spacial score (nSPS) is 38.8. The average Bonchev–Trinajstić information content (AvgIpc) is 2.49. The number of amides is 1. The van der Waals surface area contributed by atoms with Gasteiger partial charge in [-0.15, -0.1) is 0 Å². The van der Waals surface area contributed by atoms with Gasteiger partial charge >= 0.3 is 0 Å². The second kappa shape index (κ2) is 4.76. The van der Waals surface area contributed by atoms with Gasteiger partial charge in [-0.1, -0.05) is 13.8 Å². The Morgan fingerprint density at radius 3 is 2.00 bits per heavy atom. The predicted octanol–water partition coefficient (Wildman–Crippen LogP) is 2.41. The third kappa shape index (κ3) is 2.10. The Morgan fingerprint density at radius 2 is 1.53 bits per heavy atom. The summed E-state index contributed by atoms with van der Waals surface area (Å²) in [6.07, 6.45) is 7.28. The molecule has 1 saturated heterocycles. The second-order valence-corrected chi connectivity index (χ2v) is 7.34. The van der Waals surface area contributed by atoms with Crippen molar-refractivity contribution < 1.29 is 4.79 Å². The van der Waals surface area contributed by atoms with Gasteiger partial charge in [0.25, 0.3) is 0 Å². The molecule has 0 atom stereocenters. The maximum Gasteiger partial charge on any atom is 0.228 e. The van der Waals surface area contributed by atoms with E-state index in [4.69, 9.17) is 0 Å². The Morgan fingerprint density at radius 1 is 1.00 bits per heavy atom. The van der Waals surface area contributed by atoms with Crippen LogP contribution in [0.15, 0.2) is 0 Å². The van der Waals surface area contributed by atoms with Crippen molar-refractivity contribution in [1.29, 1.82) is 0 Å². The number of piperazine rings is 1. The smallest absolute Gasteiger partial charge is 0.228 e. The zero-order valence-corrected chi connectivity index (χ0v) is 12.5. The predicted molar refractivity (Wildman–Crippen MR) is 76.9 cm³/mol. The molecule has 0 aromatic carbocycles. The fraction of sp³-hybridized carbons (Fsp3) is 0.938. The molecule has 0 radical (unpaired) electrons. The van der Waals surface area contributed by atoms with Crippen molar-refractivity contribution in [3.8, 4) is 0 Å². The Hall–Kier alpha value is -0.570. The van der Waals surface area contributed by atoms with E-state index < -0.39 is 0 Å². The summed E-state index contributed by atoms with van der Waals surface area (Å²) < 4.78 is 0. The first-order valence-electron chi connectivity index (χ1n) is 8.08. The summed E-state index contributed by atoms with van der Waals surface area (Å²) >= 11 is 0. The minimum absolute atomic E-state index is 0.0218. The van der Waals surface area contributed by atoms with Gasteiger partial charge in [0.2, 0.25) is 5.91 Å². The van der Waals surface area contributed by atoms with Crippen LogP contribution in [-0.2, 0) is 4.79 Å². The summed E-state index contributed by atoms with van der Waals surface area (Å²) in [5.74, 6) is 1.26. The molecule has 108 valence electrons. The van der Waals surface area contributed by atoms with Crippen LogP contribution in [0.5, 0.6) is 0 Å². The van der Waals surface area contributed by atoms with E-state index in [-0.39, 0.29) is 5.41 Å². The number of hydrogen-bond acceptors (Lipinski definition) is 2. The third-order valence-electron chi connectivity index (χ3n) is 6.39. The van der Waals surface area contributed by atoms with Gasteiger partial charge in [0.1, 0.15) is 0 Å². The summed E-state index contributed by atoms with van der Waals surface area (Å²) in [6, 6.07) is 0. The Kier molecular flexibility index (Phi) is 3.36. The number of nitrogens with one attached hydrogen (secondary N) is 1. The molecule has 1 heterocycles. The largest absolute Gasteiger partial charge is 0.340 e. The summed E-state index contributed by atoms with van der Waals surface area (Å²) in [7, 11) is 0. The minimum Gasteiger partial charge on any atom is -0.340 e. The van der Waals surface area contributed by atoms with Gasteiger partial charge in [0.05, 0.1) is 0 Å². The van der Waals surface area contributed by atoms with Crippen LogP contribution in [0.3, 0.4) is 0 Å². The molecule has 0 aromatic heterocycles. The highest BCUT2D eigenvalue weighted by Crippen LogP contribution is 2.60. The van der Waals surface area contributed by atoms with E-state index in [9.17, 15) is 4.79 Å². The summed E-state index contributed by atoms with van der Waals surface area (Å²) in [5, 5.41) is 3.34. The zero-order chi connectivity index (χ0) is 13.5. The molecule has 4 fully saturated rings. The monoisotopic (exact) mass is 264 g/mol. The van der Waals surface area contributed by atoms with Crippen LogP contribution >= 0.6 is 0 Å². The summed E-state index contributed by atoms with van der Waals surface area (Å²) in [4.78, 5) is 15.0. The number of carbonyl (C=O) groups is 1. The lowest BCUT2D eigenvalue weighted by molar-refractivity contribution is -0.154. The van der Waals surface area contributed by atoms with Gasteiger partial charge in [-0.05, 0) is 49.9 Å². The van der Waals surface area contributed by atoms with E-state index in [2.05, 4.69) is 24.1 Å². The molecule has 1 N–H and O–H groups in total. The van der Waals surface area contributed by atoms with Gasteiger partial charge in [-0.2, -0.15) is 0 Å². The maximum atomic E-state index is 12.9. The number of nitrogens with zero attached hydrogens (tertiary/aromatic N) is 1. The number of hydrogen-bond donors (Lipinski definition) is 1. The van der Waals surface area contributed by atoms with Crippen LogP contribution in [0.4, 0.5) is 0 Å². The van der Waals surface area contributed by atoms with Crippen LogP contribution in [0, 0.1) is 16.7 Å². The van der Waals surface area contributed by atoms with E-state index in [1.165, 1.54) is 19.3 Å². The molecule has 0 spiro atoms. The number of rotatable bonds is 2. The van der Waals surface area contributed by atoms with Crippen molar-refractivity contribution in [2.75, 3.05) is 26.2 Å². The topological polar surface area (TPSA) is 32.3 Å². The van der Waals surface area contributed by atoms with Crippen LogP contribution < -0.4 is 5.32 Å². The van der Waals surface area contributed by atoms with Crippen LogP contribution in [-0.4, -0.2) is 37.0 Å². The fourth-order valence-electron chi connectivity index (χ4n) is 4.60. The van der Waals surface area contributed by atoms with Crippen molar-refractivity contribution in [1.82, 2.24) is 10.2 Å². The standard InChI is InChI=1S/C16H28N2O/c1-13(2)15-3-6-16(7-4-15,8-5-15)14(19)18-11-9-17-10-12-18/h13,17H,3-12H2,1-2H3. The first-order chi connectivity index (χ1) is 9.08. The second-order valence-electron chi connectivity index (χ2n) is 7.34. The first kappa shape index (κ1) is 13.4. The summed E-state index contributed by atoms with van der Waals surface area (Å²) in [6.45, 7) is 8.51. The summed E-state index contributed by atoms with van der Waals surface area (Å²) in [5.41, 5.74) is 0.583. The van der Waals surface area contributed by atoms with Crippen molar-refractivity contribution in [3.05, 3.63) is 0 Å². The molecular weight excluding hydrogens is 236 g/mol. The first-order valence-corrected chi connectivity index (χ1v) is 8.08. The molecule has 4 rings (SSSR count). The molecule has 3 saturated carbocycles. The van der Waals surface area contributed by atoms with Gasteiger partial charge in [0, 0.05) is 31.6 Å². The molecule has 3 nitrogen and oxygen atoms in total.